The molecule has 0 aliphatic rings. The fourth-order valence-electron chi connectivity index (χ4n) is 2.93. The van der Waals surface area contributed by atoms with Crippen LogP contribution in [0.1, 0.15) is 27.9 Å². The third-order valence-electron chi connectivity index (χ3n) is 4.62. The normalized spacial score (nSPS) is 11.1. The summed E-state index contributed by atoms with van der Waals surface area (Å²) in [4.78, 5) is 36.1. The zero-order valence-electron chi connectivity index (χ0n) is 16.8. The maximum Gasteiger partial charge on any atom is 0.269 e. The topological polar surface area (TPSA) is 89.3 Å². The number of benzene rings is 3. The maximum atomic E-state index is 12.9. The first-order chi connectivity index (χ1) is 15.3. The van der Waals surface area contributed by atoms with Crippen LogP contribution >= 0.6 is 23.2 Å². The molecule has 3 rings (SSSR count). The van der Waals surface area contributed by atoms with Gasteiger partial charge in [-0.1, -0.05) is 53.5 Å². The Morgan fingerprint density at radius 2 is 1.62 bits per heavy atom. The lowest BCUT2D eigenvalue weighted by Gasteiger charge is -2.10. The van der Waals surface area contributed by atoms with Crippen LogP contribution in [0.4, 0.5) is 5.69 Å². The molecule has 0 aliphatic heterocycles. The first-order valence-electron chi connectivity index (χ1n) is 9.59. The first-order valence-corrected chi connectivity index (χ1v) is 10.3. The maximum absolute atomic E-state index is 12.9. The highest BCUT2D eigenvalue weighted by Gasteiger charge is 2.17. The minimum atomic E-state index is -0.505. The van der Waals surface area contributed by atoms with E-state index in [2.05, 4.69) is 5.32 Å². The molecule has 162 valence electrons. The van der Waals surface area contributed by atoms with Crippen LogP contribution in [-0.4, -0.2) is 16.6 Å². The molecule has 0 spiro atoms. The average molecular weight is 469 g/mol. The molecule has 1 N–H and O–H groups in total. The molecule has 0 atom stereocenters. The minimum absolute atomic E-state index is 0.0656. The van der Waals surface area contributed by atoms with Crippen molar-refractivity contribution in [3.63, 3.8) is 0 Å². The van der Waals surface area contributed by atoms with Gasteiger partial charge in [-0.2, -0.15) is 0 Å². The number of rotatable bonds is 8. The largest absolute Gasteiger partial charge is 0.348 e. The summed E-state index contributed by atoms with van der Waals surface area (Å²) >= 11 is 11.9. The number of Topliss-reactive ketones (excluding diaryl/α,β-unsaturated/α-hetero) is 1. The van der Waals surface area contributed by atoms with Gasteiger partial charge in [-0.25, -0.2) is 0 Å². The molecule has 3 aromatic carbocycles. The predicted molar refractivity (Wildman–Crippen MR) is 125 cm³/mol. The van der Waals surface area contributed by atoms with Crippen molar-refractivity contribution >= 4 is 46.7 Å². The molecule has 0 heterocycles. The lowest BCUT2D eigenvalue weighted by atomic mass is 10.00. The molecule has 0 saturated heterocycles. The quantitative estimate of drug-likeness (QED) is 0.193. The lowest BCUT2D eigenvalue weighted by molar-refractivity contribution is -0.384. The minimum Gasteiger partial charge on any atom is -0.348 e. The zero-order valence-corrected chi connectivity index (χ0v) is 18.3. The van der Waals surface area contributed by atoms with Gasteiger partial charge in [-0.05, 0) is 47.5 Å². The van der Waals surface area contributed by atoms with Gasteiger partial charge in [0.2, 0.25) is 5.91 Å². The number of halogens is 2. The highest BCUT2D eigenvalue weighted by atomic mass is 35.5. The Bertz CT molecular complexity index is 1180. The van der Waals surface area contributed by atoms with Crippen molar-refractivity contribution in [2.75, 3.05) is 0 Å². The second-order valence-corrected chi connectivity index (χ2v) is 7.73. The van der Waals surface area contributed by atoms with Crippen molar-refractivity contribution in [2.45, 2.75) is 13.0 Å². The van der Waals surface area contributed by atoms with E-state index in [0.717, 1.165) is 5.56 Å². The zero-order chi connectivity index (χ0) is 23.1. The van der Waals surface area contributed by atoms with Gasteiger partial charge in [0.1, 0.15) is 0 Å². The molecule has 0 radical (unpaired) electrons. The molecule has 0 aromatic heterocycles. The van der Waals surface area contributed by atoms with Crippen LogP contribution in [0.25, 0.3) is 6.08 Å². The van der Waals surface area contributed by atoms with E-state index >= 15 is 0 Å². The third kappa shape index (κ3) is 6.26. The number of carbonyl (C=O) groups is 2. The Balaban J connectivity index is 1.85. The van der Waals surface area contributed by atoms with E-state index < -0.39 is 10.8 Å². The fourth-order valence-corrected chi connectivity index (χ4v) is 3.22. The standard InChI is InChI=1S/C24H18Cl2N2O4/c25-21-11-8-18(13-22(21)26)23(29)14-19(12-16-6-9-20(10-7-16)28(31)32)24(30)27-15-17-4-2-1-3-5-17/h1-13H,14-15H2,(H,27,30)/b19-12+. The van der Waals surface area contributed by atoms with Crippen LogP contribution < -0.4 is 5.32 Å². The average Bonchev–Trinajstić information content (AvgIpc) is 2.79. The number of nitro benzene ring substituents is 1. The van der Waals surface area contributed by atoms with E-state index in [1.165, 1.54) is 36.4 Å². The molecule has 0 aliphatic carbocycles. The van der Waals surface area contributed by atoms with Crippen LogP contribution in [0.15, 0.2) is 78.4 Å². The molecule has 1 amide bonds. The third-order valence-corrected chi connectivity index (χ3v) is 5.36. The first kappa shape index (κ1) is 23.2. The second-order valence-electron chi connectivity index (χ2n) is 6.92. The number of nitrogens with one attached hydrogen (secondary N) is 1. The summed E-state index contributed by atoms with van der Waals surface area (Å²) in [7, 11) is 0. The summed E-state index contributed by atoms with van der Waals surface area (Å²) in [5, 5.41) is 14.3. The summed E-state index contributed by atoms with van der Waals surface area (Å²) in [6.07, 6.45) is 1.36. The molecule has 3 aromatic rings. The molecule has 0 saturated carbocycles. The number of hydrogen-bond acceptors (Lipinski definition) is 4. The summed E-state index contributed by atoms with van der Waals surface area (Å²) in [6.45, 7) is 0.290. The van der Waals surface area contributed by atoms with Crippen molar-refractivity contribution < 1.29 is 14.5 Å². The number of hydrogen-bond donors (Lipinski definition) is 1. The number of carbonyl (C=O) groups excluding carboxylic acids is 2. The number of amides is 1. The molecule has 0 bridgehead atoms. The van der Waals surface area contributed by atoms with Crippen molar-refractivity contribution in [3.8, 4) is 0 Å². The summed E-state index contributed by atoms with van der Waals surface area (Å²) in [5.74, 6) is -0.729. The van der Waals surface area contributed by atoms with E-state index in [0.29, 0.717) is 16.1 Å². The monoisotopic (exact) mass is 468 g/mol. The highest BCUT2D eigenvalue weighted by Crippen LogP contribution is 2.24. The Kier molecular flexibility index (Phi) is 7.76. The van der Waals surface area contributed by atoms with E-state index in [-0.39, 0.29) is 35.0 Å². The summed E-state index contributed by atoms with van der Waals surface area (Å²) < 4.78 is 0. The van der Waals surface area contributed by atoms with Gasteiger partial charge >= 0.3 is 0 Å². The van der Waals surface area contributed by atoms with Gasteiger partial charge in [0.15, 0.2) is 5.78 Å². The predicted octanol–water partition coefficient (Wildman–Crippen LogP) is 5.87. The molecule has 32 heavy (non-hydrogen) atoms. The molecular weight excluding hydrogens is 451 g/mol. The van der Waals surface area contributed by atoms with E-state index in [1.807, 2.05) is 30.3 Å². The van der Waals surface area contributed by atoms with Crippen LogP contribution in [0, 0.1) is 10.1 Å². The highest BCUT2D eigenvalue weighted by molar-refractivity contribution is 6.42. The van der Waals surface area contributed by atoms with E-state index in [4.69, 9.17) is 23.2 Å². The Labute approximate surface area is 194 Å². The molecular formula is C24H18Cl2N2O4. The van der Waals surface area contributed by atoms with Crippen LogP contribution in [0.3, 0.4) is 0 Å². The summed E-state index contributed by atoms with van der Waals surface area (Å²) in [5.41, 5.74) is 1.94. The van der Waals surface area contributed by atoms with Crippen LogP contribution in [0.5, 0.6) is 0 Å². The molecule has 0 unspecified atom stereocenters. The molecule has 6 nitrogen and oxygen atoms in total. The van der Waals surface area contributed by atoms with Crippen LogP contribution in [0.2, 0.25) is 10.0 Å². The fraction of sp³-hybridized carbons (Fsp3) is 0.0833. The lowest BCUT2D eigenvalue weighted by Crippen LogP contribution is -2.25. The second kappa shape index (κ2) is 10.7. The Hall–Kier alpha value is -3.48. The number of nitrogens with zero attached hydrogens (tertiary/aromatic N) is 1. The van der Waals surface area contributed by atoms with Gasteiger partial charge in [-0.3, -0.25) is 19.7 Å². The molecule has 8 heteroatoms. The van der Waals surface area contributed by atoms with Crippen molar-refractivity contribution in [2.24, 2.45) is 0 Å². The van der Waals surface area contributed by atoms with E-state index in [9.17, 15) is 19.7 Å². The van der Waals surface area contributed by atoms with Crippen molar-refractivity contribution in [3.05, 3.63) is 115 Å². The van der Waals surface area contributed by atoms with Gasteiger partial charge in [-0.15, -0.1) is 0 Å². The summed E-state index contributed by atoms with van der Waals surface area (Å²) in [6, 6.07) is 19.6. The van der Waals surface area contributed by atoms with Crippen LogP contribution in [-0.2, 0) is 11.3 Å². The van der Waals surface area contributed by atoms with Gasteiger partial charge in [0.05, 0.1) is 15.0 Å². The van der Waals surface area contributed by atoms with Gasteiger partial charge in [0, 0.05) is 36.2 Å². The SMILES string of the molecule is O=C(NCc1ccccc1)/C(=C/c1ccc([N+](=O)[O-])cc1)CC(=O)c1ccc(Cl)c(Cl)c1. The smallest absolute Gasteiger partial charge is 0.269 e. The van der Waals surface area contributed by atoms with Gasteiger partial charge < -0.3 is 5.32 Å². The Morgan fingerprint density at radius 1 is 0.938 bits per heavy atom. The number of non-ortho nitro benzene ring substituents is 1. The Morgan fingerprint density at radius 3 is 2.25 bits per heavy atom. The van der Waals surface area contributed by atoms with Gasteiger partial charge in [0.25, 0.3) is 5.69 Å². The van der Waals surface area contributed by atoms with E-state index in [1.54, 1.807) is 12.1 Å². The number of ketones is 1. The van der Waals surface area contributed by atoms with Crippen molar-refractivity contribution in [1.29, 1.82) is 0 Å². The van der Waals surface area contributed by atoms with Crippen molar-refractivity contribution in [1.82, 2.24) is 5.32 Å². The molecule has 0 fully saturated rings. The number of nitro groups is 1.